The van der Waals surface area contributed by atoms with Gasteiger partial charge in [0.1, 0.15) is 0 Å². The molecule has 1 atom stereocenters. The minimum absolute atomic E-state index is 0.201. The molecule has 0 fully saturated rings. The van der Waals surface area contributed by atoms with E-state index in [4.69, 9.17) is 5.73 Å². The van der Waals surface area contributed by atoms with Crippen LogP contribution in [0.5, 0.6) is 0 Å². The Morgan fingerprint density at radius 1 is 1.13 bits per heavy atom. The summed E-state index contributed by atoms with van der Waals surface area (Å²) in [5, 5.41) is 0. The molecule has 0 saturated heterocycles. The fraction of sp³-hybridized carbons (Fsp3) is 0.571. The monoisotopic (exact) mass is 205 g/mol. The number of hydrogen-bond acceptors (Lipinski definition) is 1. The first-order valence-electron chi connectivity index (χ1n) is 5.83. The largest absolute Gasteiger partial charge is 0.324 e. The van der Waals surface area contributed by atoms with E-state index in [1.807, 2.05) is 0 Å². The van der Waals surface area contributed by atoms with Crippen LogP contribution in [0, 0.1) is 19.8 Å². The molecule has 0 saturated carbocycles. The van der Waals surface area contributed by atoms with Crippen molar-refractivity contribution in [3.8, 4) is 0 Å². The van der Waals surface area contributed by atoms with E-state index < -0.39 is 0 Å². The molecule has 1 rings (SSSR count). The first kappa shape index (κ1) is 12.3. The van der Waals surface area contributed by atoms with E-state index in [1.54, 1.807) is 0 Å². The maximum atomic E-state index is 6.21. The summed E-state index contributed by atoms with van der Waals surface area (Å²) in [7, 11) is 0. The van der Waals surface area contributed by atoms with E-state index in [0.29, 0.717) is 0 Å². The molecule has 0 spiro atoms. The number of aryl methyl sites for hydroxylation is 2. The van der Waals surface area contributed by atoms with Gasteiger partial charge in [0.15, 0.2) is 0 Å². The molecule has 84 valence electrons. The zero-order valence-corrected chi connectivity index (χ0v) is 10.4. The molecule has 1 nitrogen and oxygen atoms in total. The highest BCUT2D eigenvalue weighted by Crippen LogP contribution is 2.22. The Kier molecular flexibility index (Phi) is 4.34. The minimum Gasteiger partial charge on any atom is -0.324 e. The summed E-state index contributed by atoms with van der Waals surface area (Å²) < 4.78 is 0. The first-order valence-corrected chi connectivity index (χ1v) is 5.83. The van der Waals surface area contributed by atoms with Crippen molar-refractivity contribution in [1.82, 2.24) is 0 Å². The van der Waals surface area contributed by atoms with Crippen molar-refractivity contribution < 1.29 is 0 Å². The second kappa shape index (κ2) is 5.32. The van der Waals surface area contributed by atoms with E-state index in [9.17, 15) is 0 Å². The Labute approximate surface area is 93.7 Å². The quantitative estimate of drug-likeness (QED) is 0.796. The lowest BCUT2D eigenvalue weighted by molar-refractivity contribution is 0.506. The van der Waals surface area contributed by atoms with E-state index in [-0.39, 0.29) is 6.04 Å². The minimum atomic E-state index is 0.201. The molecule has 0 aliphatic carbocycles. The second-order valence-corrected chi connectivity index (χ2v) is 4.94. The molecule has 0 radical (unpaired) electrons. The molecule has 0 aliphatic heterocycles. The third-order valence-corrected chi connectivity index (χ3v) is 2.89. The van der Waals surface area contributed by atoms with Crippen LogP contribution < -0.4 is 5.73 Å². The lowest BCUT2D eigenvalue weighted by Gasteiger charge is -2.16. The van der Waals surface area contributed by atoms with E-state index in [2.05, 4.69) is 45.9 Å². The van der Waals surface area contributed by atoms with Crippen molar-refractivity contribution in [2.75, 3.05) is 0 Å². The predicted molar refractivity (Wildman–Crippen MR) is 66.9 cm³/mol. The zero-order valence-electron chi connectivity index (χ0n) is 10.4. The molecule has 0 unspecified atom stereocenters. The topological polar surface area (TPSA) is 26.0 Å². The molecular weight excluding hydrogens is 182 g/mol. The summed E-state index contributed by atoms with van der Waals surface area (Å²) in [4.78, 5) is 0. The normalized spacial score (nSPS) is 13.2. The van der Waals surface area contributed by atoms with E-state index in [0.717, 1.165) is 12.3 Å². The van der Waals surface area contributed by atoms with Crippen molar-refractivity contribution in [2.45, 2.75) is 46.6 Å². The molecular formula is C14H23N. The van der Waals surface area contributed by atoms with Gasteiger partial charge < -0.3 is 5.73 Å². The highest BCUT2D eigenvalue weighted by Gasteiger charge is 2.09. The van der Waals surface area contributed by atoms with Gasteiger partial charge >= 0.3 is 0 Å². The summed E-state index contributed by atoms with van der Waals surface area (Å²) in [5.74, 6) is 0.737. The van der Waals surface area contributed by atoms with Crippen LogP contribution in [-0.4, -0.2) is 0 Å². The van der Waals surface area contributed by atoms with Crippen LogP contribution in [0.25, 0.3) is 0 Å². The smallest absolute Gasteiger partial charge is 0.0297 e. The molecule has 0 aliphatic rings. The van der Waals surface area contributed by atoms with Gasteiger partial charge in [0.05, 0.1) is 0 Å². The average molecular weight is 205 g/mol. The van der Waals surface area contributed by atoms with Gasteiger partial charge in [-0.15, -0.1) is 0 Å². The fourth-order valence-corrected chi connectivity index (χ4v) is 1.83. The van der Waals surface area contributed by atoms with Crippen molar-refractivity contribution >= 4 is 0 Å². The average Bonchev–Trinajstić information content (AvgIpc) is 2.18. The van der Waals surface area contributed by atoms with Gasteiger partial charge in [0, 0.05) is 6.04 Å². The molecule has 0 amide bonds. The third kappa shape index (κ3) is 3.67. The molecule has 15 heavy (non-hydrogen) atoms. The van der Waals surface area contributed by atoms with Gasteiger partial charge in [-0.1, -0.05) is 37.6 Å². The van der Waals surface area contributed by atoms with Gasteiger partial charge in [0.25, 0.3) is 0 Å². The van der Waals surface area contributed by atoms with Gasteiger partial charge in [-0.3, -0.25) is 0 Å². The maximum absolute atomic E-state index is 6.21. The standard InChI is InChI=1S/C14H23N/c1-10(2)5-8-14(15)13-9-11(3)6-7-12(13)4/h6-7,9-10,14H,5,8,15H2,1-4H3/t14-/m1/s1. The SMILES string of the molecule is Cc1ccc(C)c([C@H](N)CCC(C)C)c1. The second-order valence-electron chi connectivity index (χ2n) is 4.94. The summed E-state index contributed by atoms with van der Waals surface area (Å²) >= 11 is 0. The summed E-state index contributed by atoms with van der Waals surface area (Å²) in [6, 6.07) is 6.74. The summed E-state index contributed by atoms with van der Waals surface area (Å²) in [6.07, 6.45) is 2.29. The number of rotatable bonds is 4. The van der Waals surface area contributed by atoms with Crippen LogP contribution in [0.3, 0.4) is 0 Å². The Bertz CT molecular complexity index is 315. The van der Waals surface area contributed by atoms with Crippen LogP contribution >= 0.6 is 0 Å². The Morgan fingerprint density at radius 3 is 2.40 bits per heavy atom. The zero-order chi connectivity index (χ0) is 11.4. The highest BCUT2D eigenvalue weighted by atomic mass is 14.6. The first-order chi connectivity index (χ1) is 7.00. The molecule has 0 bridgehead atoms. The van der Waals surface area contributed by atoms with Crippen molar-refractivity contribution in [3.63, 3.8) is 0 Å². The Morgan fingerprint density at radius 2 is 1.80 bits per heavy atom. The van der Waals surface area contributed by atoms with Crippen LogP contribution in [0.15, 0.2) is 18.2 Å². The van der Waals surface area contributed by atoms with Crippen LogP contribution in [0.4, 0.5) is 0 Å². The lowest BCUT2D eigenvalue weighted by atomic mass is 9.94. The van der Waals surface area contributed by atoms with E-state index in [1.165, 1.54) is 23.1 Å². The summed E-state index contributed by atoms with van der Waals surface area (Å²) in [5.41, 5.74) is 10.1. The third-order valence-electron chi connectivity index (χ3n) is 2.89. The lowest BCUT2D eigenvalue weighted by Crippen LogP contribution is -2.12. The molecule has 1 heteroatoms. The molecule has 1 aromatic carbocycles. The van der Waals surface area contributed by atoms with Gasteiger partial charge in [0.2, 0.25) is 0 Å². The molecule has 2 N–H and O–H groups in total. The van der Waals surface area contributed by atoms with Crippen molar-refractivity contribution in [2.24, 2.45) is 11.7 Å². The Balaban J connectivity index is 2.72. The molecule has 0 heterocycles. The summed E-state index contributed by atoms with van der Waals surface area (Å²) in [6.45, 7) is 8.76. The van der Waals surface area contributed by atoms with Gasteiger partial charge in [-0.25, -0.2) is 0 Å². The van der Waals surface area contributed by atoms with Crippen molar-refractivity contribution in [1.29, 1.82) is 0 Å². The Hall–Kier alpha value is -0.820. The highest BCUT2D eigenvalue weighted by molar-refractivity contribution is 5.32. The van der Waals surface area contributed by atoms with E-state index >= 15 is 0 Å². The maximum Gasteiger partial charge on any atom is 0.0297 e. The molecule has 1 aromatic rings. The number of benzene rings is 1. The van der Waals surface area contributed by atoms with Crippen LogP contribution in [-0.2, 0) is 0 Å². The van der Waals surface area contributed by atoms with Gasteiger partial charge in [-0.2, -0.15) is 0 Å². The van der Waals surface area contributed by atoms with Crippen LogP contribution in [0.2, 0.25) is 0 Å². The predicted octanol–water partition coefficient (Wildman–Crippen LogP) is 3.74. The fourth-order valence-electron chi connectivity index (χ4n) is 1.83. The number of hydrogen-bond donors (Lipinski definition) is 1. The van der Waals surface area contributed by atoms with Gasteiger partial charge in [-0.05, 0) is 43.7 Å². The molecule has 0 aromatic heterocycles. The van der Waals surface area contributed by atoms with Crippen molar-refractivity contribution in [3.05, 3.63) is 34.9 Å². The number of nitrogens with two attached hydrogens (primary N) is 1. The van der Waals surface area contributed by atoms with Crippen LogP contribution in [0.1, 0.15) is 49.4 Å².